The number of halogens is 2. The number of amides is 2. The number of aromatic nitrogens is 3. The third kappa shape index (κ3) is 3.26. The minimum Gasteiger partial charge on any atom is -0.444 e. The zero-order valence-corrected chi connectivity index (χ0v) is 13.4. The Morgan fingerprint density at radius 3 is 2.87 bits per heavy atom. The van der Waals surface area contributed by atoms with E-state index in [1.54, 1.807) is 6.07 Å². The normalized spacial score (nSPS) is 20.9. The van der Waals surface area contributed by atoms with Crippen LogP contribution >= 0.6 is 15.9 Å². The Bertz CT molecular complexity index is 746. The number of furan rings is 1. The van der Waals surface area contributed by atoms with Gasteiger partial charge in [-0.25, -0.2) is 9.07 Å². The van der Waals surface area contributed by atoms with Gasteiger partial charge in [-0.15, -0.1) is 5.10 Å². The van der Waals surface area contributed by atoms with Crippen molar-refractivity contribution in [1.29, 1.82) is 0 Å². The predicted octanol–water partition coefficient (Wildman–Crippen LogP) is 0.985. The molecule has 0 saturated carbocycles. The molecule has 0 aliphatic carbocycles. The summed E-state index contributed by atoms with van der Waals surface area (Å²) in [6, 6.07) is 2.71. The standard InChI is InChI=1S/C13H13BrFN5O3/c14-11-2-1-10(23-11)13(22)20-4-7(15)3-8(20)5-19-6-9(12(16)21)17-18-19/h1-2,6-8H,3-5H2,(H2,16,21)/t7-,8-/m0/s1. The third-order valence-electron chi connectivity index (χ3n) is 3.60. The van der Waals surface area contributed by atoms with Gasteiger partial charge in [0.1, 0.15) is 6.17 Å². The summed E-state index contributed by atoms with van der Waals surface area (Å²) in [5.41, 5.74) is 5.14. The third-order valence-corrected chi connectivity index (χ3v) is 4.02. The fraction of sp³-hybridized carbons (Fsp3) is 0.385. The second-order valence-electron chi connectivity index (χ2n) is 5.24. The summed E-state index contributed by atoms with van der Waals surface area (Å²) in [4.78, 5) is 24.9. The maximum Gasteiger partial charge on any atom is 0.290 e. The highest BCUT2D eigenvalue weighted by atomic mass is 79.9. The van der Waals surface area contributed by atoms with Crippen LogP contribution in [0.5, 0.6) is 0 Å². The first-order chi connectivity index (χ1) is 10.9. The zero-order valence-electron chi connectivity index (χ0n) is 11.9. The van der Waals surface area contributed by atoms with Gasteiger partial charge in [0.25, 0.3) is 11.8 Å². The van der Waals surface area contributed by atoms with Crippen molar-refractivity contribution in [3.05, 3.63) is 34.5 Å². The van der Waals surface area contributed by atoms with Crippen LogP contribution in [0, 0.1) is 0 Å². The van der Waals surface area contributed by atoms with Gasteiger partial charge in [0.05, 0.1) is 25.3 Å². The molecule has 0 aromatic carbocycles. The molecular formula is C13H13BrFN5O3. The number of carbonyl (C=O) groups is 2. The van der Waals surface area contributed by atoms with Crippen LogP contribution in [0.3, 0.4) is 0 Å². The molecule has 1 aliphatic rings. The first-order valence-electron chi connectivity index (χ1n) is 6.84. The quantitative estimate of drug-likeness (QED) is 0.843. The molecule has 2 amide bonds. The summed E-state index contributed by atoms with van der Waals surface area (Å²) in [6.45, 7) is 0.202. The Morgan fingerprint density at radius 1 is 1.48 bits per heavy atom. The van der Waals surface area contributed by atoms with E-state index in [2.05, 4.69) is 26.2 Å². The second kappa shape index (κ2) is 6.11. The van der Waals surface area contributed by atoms with Gasteiger partial charge >= 0.3 is 0 Å². The van der Waals surface area contributed by atoms with Crippen LogP contribution in [0.1, 0.15) is 27.5 Å². The summed E-state index contributed by atoms with van der Waals surface area (Å²) >= 11 is 3.13. The monoisotopic (exact) mass is 385 g/mol. The van der Waals surface area contributed by atoms with Gasteiger partial charge in [0, 0.05) is 6.42 Å². The van der Waals surface area contributed by atoms with Crippen LogP contribution in [0.2, 0.25) is 0 Å². The van der Waals surface area contributed by atoms with Gasteiger partial charge in [-0.3, -0.25) is 9.59 Å². The van der Waals surface area contributed by atoms with E-state index in [0.29, 0.717) is 4.67 Å². The molecule has 2 atom stereocenters. The van der Waals surface area contributed by atoms with Gasteiger partial charge in [-0.05, 0) is 28.1 Å². The van der Waals surface area contributed by atoms with Gasteiger partial charge in [0.15, 0.2) is 16.1 Å². The molecule has 0 bridgehead atoms. The van der Waals surface area contributed by atoms with Crippen LogP contribution in [0.4, 0.5) is 4.39 Å². The lowest BCUT2D eigenvalue weighted by atomic mass is 10.2. The average Bonchev–Trinajstić information content (AvgIpc) is 3.19. The van der Waals surface area contributed by atoms with Crippen LogP contribution in [-0.2, 0) is 6.54 Å². The van der Waals surface area contributed by atoms with E-state index in [4.69, 9.17) is 10.2 Å². The molecular weight excluding hydrogens is 373 g/mol. The Kier molecular flexibility index (Phi) is 4.16. The van der Waals surface area contributed by atoms with Gasteiger partial charge < -0.3 is 15.1 Å². The molecule has 0 radical (unpaired) electrons. The van der Waals surface area contributed by atoms with Crippen LogP contribution in [0.15, 0.2) is 27.4 Å². The Labute approximate surface area is 138 Å². The highest BCUT2D eigenvalue weighted by molar-refractivity contribution is 9.10. The number of likely N-dealkylation sites (tertiary alicyclic amines) is 1. The molecule has 1 saturated heterocycles. The number of hydrogen-bond donors (Lipinski definition) is 1. The average molecular weight is 386 g/mol. The highest BCUT2D eigenvalue weighted by Crippen LogP contribution is 2.25. The molecule has 3 rings (SSSR count). The molecule has 23 heavy (non-hydrogen) atoms. The van der Waals surface area contributed by atoms with Crippen molar-refractivity contribution in [3.63, 3.8) is 0 Å². The van der Waals surface area contributed by atoms with E-state index in [0.717, 1.165) is 0 Å². The number of alkyl halides is 1. The number of primary amides is 1. The van der Waals surface area contributed by atoms with E-state index >= 15 is 0 Å². The summed E-state index contributed by atoms with van der Waals surface area (Å²) < 4.78 is 20.8. The molecule has 2 N–H and O–H groups in total. The van der Waals surface area contributed by atoms with Crippen molar-refractivity contribution in [3.8, 4) is 0 Å². The fourth-order valence-corrected chi connectivity index (χ4v) is 2.88. The number of rotatable bonds is 4. The lowest BCUT2D eigenvalue weighted by molar-refractivity contribution is 0.0680. The van der Waals surface area contributed by atoms with Gasteiger partial charge in [0.2, 0.25) is 0 Å². The number of hydrogen-bond acceptors (Lipinski definition) is 5. The number of nitrogens with two attached hydrogens (primary N) is 1. The first kappa shape index (κ1) is 15.7. The summed E-state index contributed by atoms with van der Waals surface area (Å²) in [7, 11) is 0. The van der Waals surface area contributed by atoms with Crippen molar-refractivity contribution >= 4 is 27.7 Å². The summed E-state index contributed by atoms with van der Waals surface area (Å²) in [5.74, 6) is -0.956. The molecule has 1 aliphatic heterocycles. The minimum absolute atomic E-state index is 0.0147. The molecule has 122 valence electrons. The van der Waals surface area contributed by atoms with E-state index < -0.39 is 24.0 Å². The largest absolute Gasteiger partial charge is 0.444 e. The maximum atomic E-state index is 13.8. The van der Waals surface area contributed by atoms with Crippen LogP contribution in [0.25, 0.3) is 0 Å². The van der Waals surface area contributed by atoms with E-state index in [-0.39, 0.29) is 31.0 Å². The fourth-order valence-electron chi connectivity index (χ4n) is 2.57. The van der Waals surface area contributed by atoms with Crippen molar-refractivity contribution in [1.82, 2.24) is 19.9 Å². The minimum atomic E-state index is -1.12. The van der Waals surface area contributed by atoms with Crippen molar-refractivity contribution in [2.45, 2.75) is 25.2 Å². The topological polar surface area (TPSA) is 107 Å². The molecule has 1 fully saturated rings. The molecule has 8 nitrogen and oxygen atoms in total. The van der Waals surface area contributed by atoms with E-state index in [9.17, 15) is 14.0 Å². The van der Waals surface area contributed by atoms with Gasteiger partial charge in [-0.1, -0.05) is 5.21 Å². The van der Waals surface area contributed by atoms with E-state index in [1.165, 1.54) is 21.8 Å². The SMILES string of the molecule is NC(=O)c1cn(C[C@@H]2C[C@H](F)CN2C(=O)c2ccc(Br)o2)nn1. The number of carbonyl (C=O) groups excluding carboxylic acids is 2. The van der Waals surface area contributed by atoms with E-state index in [1.807, 2.05) is 0 Å². The Hall–Kier alpha value is -2.23. The second-order valence-corrected chi connectivity index (χ2v) is 6.02. The summed E-state index contributed by atoms with van der Waals surface area (Å²) in [6.07, 6.45) is 0.431. The molecule has 0 unspecified atom stereocenters. The van der Waals surface area contributed by atoms with Crippen LogP contribution in [-0.4, -0.2) is 50.5 Å². The maximum absolute atomic E-state index is 13.8. The highest BCUT2D eigenvalue weighted by Gasteiger charge is 2.37. The smallest absolute Gasteiger partial charge is 0.290 e. The molecule has 3 heterocycles. The number of nitrogens with zero attached hydrogens (tertiary/aromatic N) is 4. The molecule has 0 spiro atoms. The molecule has 2 aromatic heterocycles. The lowest BCUT2D eigenvalue weighted by Gasteiger charge is -2.23. The van der Waals surface area contributed by atoms with Crippen molar-refractivity contribution in [2.24, 2.45) is 5.73 Å². The first-order valence-corrected chi connectivity index (χ1v) is 7.63. The van der Waals surface area contributed by atoms with Crippen molar-refractivity contribution < 1.29 is 18.4 Å². The molecule has 2 aromatic rings. The predicted molar refractivity (Wildman–Crippen MR) is 79.3 cm³/mol. The zero-order chi connectivity index (χ0) is 16.6. The van der Waals surface area contributed by atoms with Crippen molar-refractivity contribution in [2.75, 3.05) is 6.54 Å². The van der Waals surface area contributed by atoms with Gasteiger partial charge in [-0.2, -0.15) is 0 Å². The Balaban J connectivity index is 1.76. The lowest BCUT2D eigenvalue weighted by Crippen LogP contribution is -2.38. The Morgan fingerprint density at radius 2 is 2.26 bits per heavy atom. The summed E-state index contributed by atoms with van der Waals surface area (Å²) in [5, 5.41) is 7.40. The molecule has 10 heteroatoms. The van der Waals surface area contributed by atoms with Crippen LogP contribution < -0.4 is 5.73 Å².